The first kappa shape index (κ1) is 23.7. The highest BCUT2D eigenvalue weighted by molar-refractivity contribution is 7.25. The fourth-order valence-electron chi connectivity index (χ4n) is 3.65. The predicted molar refractivity (Wildman–Crippen MR) is 120 cm³/mol. The zero-order chi connectivity index (χ0) is 23.5. The number of halogens is 1. The molecule has 0 fully saturated rings. The number of benzene rings is 2. The minimum atomic E-state index is -2.39. The molecular weight excluding hydrogens is 432 g/mol. The molecule has 1 aromatic heterocycles. The van der Waals surface area contributed by atoms with E-state index in [-0.39, 0.29) is 11.5 Å². The standard InChI is InChI=1S/C24H23FNO5P/c1-4-31-20(28)13-19(27)24(29,32-30)22-21(15-9-11-16(25)12-10-15)17-7-5-6-8-18(17)26-23(22)14(2)3/h4-12,14,19,27,29H,1,13H2,2-3H3. The molecule has 0 saturated heterocycles. The van der Waals surface area contributed by atoms with Gasteiger partial charge in [0.1, 0.15) is 11.9 Å². The lowest BCUT2D eigenvalue weighted by Gasteiger charge is -2.32. The van der Waals surface area contributed by atoms with Crippen LogP contribution in [0.4, 0.5) is 4.39 Å². The van der Waals surface area contributed by atoms with Crippen molar-refractivity contribution >= 4 is 25.3 Å². The summed E-state index contributed by atoms with van der Waals surface area (Å²) in [7, 11) is -0.839. The minimum Gasteiger partial charge on any atom is -0.435 e. The number of aromatic nitrogens is 1. The molecule has 0 aliphatic rings. The van der Waals surface area contributed by atoms with Crippen LogP contribution in [0.3, 0.4) is 0 Å². The van der Waals surface area contributed by atoms with E-state index in [1.54, 1.807) is 18.2 Å². The highest BCUT2D eigenvalue weighted by Gasteiger charge is 2.45. The second kappa shape index (κ2) is 9.65. The lowest BCUT2D eigenvalue weighted by atomic mass is 9.85. The second-order valence-electron chi connectivity index (χ2n) is 7.62. The summed E-state index contributed by atoms with van der Waals surface area (Å²) in [5.74, 6) is -1.53. The number of hydrogen-bond donors (Lipinski definition) is 2. The minimum absolute atomic E-state index is 0.105. The summed E-state index contributed by atoms with van der Waals surface area (Å²) < 4.78 is 30.7. The number of pyridine rings is 1. The van der Waals surface area contributed by atoms with Crippen molar-refractivity contribution < 1.29 is 28.7 Å². The summed E-state index contributed by atoms with van der Waals surface area (Å²) in [5.41, 5.74) is 2.09. The SMILES string of the molecule is C=COC(=O)CC(O)C(O)(P=O)c1c(C(C)C)nc2ccccc2c1-c1ccc(F)cc1. The van der Waals surface area contributed by atoms with Gasteiger partial charge in [-0.15, -0.1) is 0 Å². The smallest absolute Gasteiger partial charge is 0.313 e. The maximum Gasteiger partial charge on any atom is 0.313 e. The molecule has 3 rings (SSSR count). The molecule has 0 saturated carbocycles. The van der Waals surface area contributed by atoms with Crippen molar-refractivity contribution in [3.63, 3.8) is 0 Å². The van der Waals surface area contributed by atoms with E-state index in [2.05, 4.69) is 16.3 Å². The largest absolute Gasteiger partial charge is 0.435 e. The first-order valence-corrected chi connectivity index (χ1v) is 10.8. The van der Waals surface area contributed by atoms with Crippen LogP contribution in [0.25, 0.3) is 22.0 Å². The molecule has 0 radical (unpaired) electrons. The monoisotopic (exact) mass is 455 g/mol. The molecule has 0 amide bonds. The number of esters is 1. The van der Waals surface area contributed by atoms with Gasteiger partial charge in [-0.1, -0.05) is 50.8 Å². The fraction of sp³-hybridized carbons (Fsp3) is 0.250. The van der Waals surface area contributed by atoms with E-state index in [1.807, 2.05) is 19.9 Å². The van der Waals surface area contributed by atoms with E-state index >= 15 is 0 Å². The second-order valence-corrected chi connectivity index (χ2v) is 8.48. The normalized spacial score (nSPS) is 14.3. The number of hydrogen-bond acceptors (Lipinski definition) is 6. The molecule has 2 atom stereocenters. The van der Waals surface area contributed by atoms with Crippen LogP contribution in [-0.4, -0.2) is 27.3 Å². The van der Waals surface area contributed by atoms with Crippen molar-refractivity contribution in [2.24, 2.45) is 0 Å². The molecule has 8 heteroatoms. The number of rotatable bonds is 8. The Bertz CT molecular complexity index is 1170. The number of ether oxygens (including phenoxy) is 1. The maximum atomic E-state index is 13.7. The Morgan fingerprint density at radius 3 is 2.50 bits per heavy atom. The van der Waals surface area contributed by atoms with Crippen LogP contribution in [0, 0.1) is 5.82 Å². The van der Waals surface area contributed by atoms with Crippen LogP contribution in [0.2, 0.25) is 0 Å². The van der Waals surface area contributed by atoms with Gasteiger partial charge in [0.05, 0.1) is 23.9 Å². The number of carbonyl (C=O) groups is 1. The topological polar surface area (TPSA) is 96.7 Å². The van der Waals surface area contributed by atoms with Crippen molar-refractivity contribution in [1.82, 2.24) is 4.98 Å². The van der Waals surface area contributed by atoms with Crippen molar-refractivity contribution in [3.8, 4) is 11.1 Å². The molecule has 0 bridgehead atoms. The molecule has 2 unspecified atom stereocenters. The van der Waals surface area contributed by atoms with Crippen LogP contribution in [-0.2, 0) is 19.4 Å². The Morgan fingerprint density at radius 1 is 1.25 bits per heavy atom. The number of fused-ring (bicyclic) bond motifs is 1. The maximum absolute atomic E-state index is 13.7. The Hall–Kier alpha value is -2.99. The number of nitrogens with zero attached hydrogens (tertiary/aromatic N) is 1. The van der Waals surface area contributed by atoms with Gasteiger partial charge in [0, 0.05) is 10.9 Å². The van der Waals surface area contributed by atoms with Gasteiger partial charge in [0.2, 0.25) is 0 Å². The van der Waals surface area contributed by atoms with Crippen LogP contribution >= 0.6 is 8.46 Å². The van der Waals surface area contributed by atoms with E-state index in [0.29, 0.717) is 27.7 Å². The van der Waals surface area contributed by atoms with Gasteiger partial charge in [0.15, 0.2) is 13.8 Å². The molecule has 2 aromatic carbocycles. The zero-order valence-corrected chi connectivity index (χ0v) is 18.6. The zero-order valence-electron chi connectivity index (χ0n) is 17.7. The van der Waals surface area contributed by atoms with E-state index in [0.717, 1.165) is 6.26 Å². The van der Waals surface area contributed by atoms with Gasteiger partial charge >= 0.3 is 5.97 Å². The molecular formula is C24H23FNO5P. The van der Waals surface area contributed by atoms with Gasteiger partial charge in [0.25, 0.3) is 0 Å². The molecule has 0 spiro atoms. The Labute approximate surface area is 186 Å². The van der Waals surface area contributed by atoms with Gasteiger partial charge in [-0.25, -0.2) is 4.39 Å². The van der Waals surface area contributed by atoms with Crippen molar-refractivity contribution in [3.05, 3.63) is 78.4 Å². The summed E-state index contributed by atoms with van der Waals surface area (Å²) in [4.78, 5) is 16.6. The first-order chi connectivity index (χ1) is 15.2. The third-order valence-electron chi connectivity index (χ3n) is 5.15. The molecule has 6 nitrogen and oxygen atoms in total. The van der Waals surface area contributed by atoms with Crippen LogP contribution < -0.4 is 0 Å². The molecule has 2 N–H and O–H groups in total. The summed E-state index contributed by atoms with van der Waals surface area (Å²) >= 11 is 0. The highest BCUT2D eigenvalue weighted by Crippen LogP contribution is 2.47. The summed E-state index contributed by atoms with van der Waals surface area (Å²) in [6, 6.07) is 12.8. The lowest BCUT2D eigenvalue weighted by molar-refractivity contribution is -0.143. The lowest BCUT2D eigenvalue weighted by Crippen LogP contribution is -2.38. The average Bonchev–Trinajstić information content (AvgIpc) is 2.77. The van der Waals surface area contributed by atoms with Crippen LogP contribution in [0.1, 0.15) is 37.4 Å². The molecule has 1 heterocycles. The number of para-hydroxylation sites is 1. The third kappa shape index (κ3) is 4.46. The van der Waals surface area contributed by atoms with Gasteiger partial charge in [-0.2, -0.15) is 0 Å². The van der Waals surface area contributed by atoms with E-state index in [9.17, 15) is 24.0 Å². The molecule has 166 valence electrons. The third-order valence-corrected chi connectivity index (χ3v) is 5.95. The van der Waals surface area contributed by atoms with Crippen LogP contribution in [0.15, 0.2) is 61.4 Å². The van der Waals surface area contributed by atoms with Crippen molar-refractivity contribution in [1.29, 1.82) is 0 Å². The molecule has 3 aromatic rings. The Morgan fingerprint density at radius 2 is 1.91 bits per heavy atom. The first-order valence-electron chi connectivity index (χ1n) is 9.97. The molecule has 0 aliphatic carbocycles. The quantitative estimate of drug-likeness (QED) is 0.281. The van der Waals surface area contributed by atoms with E-state index in [4.69, 9.17) is 0 Å². The highest BCUT2D eigenvalue weighted by atomic mass is 31.1. The van der Waals surface area contributed by atoms with Crippen LogP contribution in [0.5, 0.6) is 0 Å². The van der Waals surface area contributed by atoms with Crippen molar-refractivity contribution in [2.45, 2.75) is 37.6 Å². The number of aliphatic hydroxyl groups excluding tert-OH is 1. The van der Waals surface area contributed by atoms with Crippen molar-refractivity contribution in [2.75, 3.05) is 0 Å². The van der Waals surface area contributed by atoms with E-state index < -0.39 is 38.1 Å². The van der Waals surface area contributed by atoms with E-state index in [1.165, 1.54) is 24.3 Å². The van der Waals surface area contributed by atoms with Gasteiger partial charge in [-0.05, 0) is 35.2 Å². The summed E-state index contributed by atoms with van der Waals surface area (Å²) in [6.07, 6.45) is -1.51. The Kier molecular flexibility index (Phi) is 7.14. The molecule has 32 heavy (non-hydrogen) atoms. The average molecular weight is 455 g/mol. The number of carbonyl (C=O) groups excluding carboxylic acids is 1. The van der Waals surface area contributed by atoms with Gasteiger partial charge in [-0.3, -0.25) is 14.3 Å². The number of aliphatic hydroxyl groups is 2. The van der Waals surface area contributed by atoms with Gasteiger partial charge < -0.3 is 14.9 Å². The molecule has 0 aliphatic heterocycles. The summed E-state index contributed by atoms with van der Waals surface area (Å²) in [6.45, 7) is 6.98. The summed E-state index contributed by atoms with van der Waals surface area (Å²) in [5, 5.41) is 20.6. The Balaban J connectivity index is 2.39. The predicted octanol–water partition coefficient (Wildman–Crippen LogP) is 5.04. The fourth-order valence-corrected chi connectivity index (χ4v) is 4.18.